The largest absolute Gasteiger partial charge is 0.473 e. The third-order valence-electron chi connectivity index (χ3n) is 3.43. The van der Waals surface area contributed by atoms with Gasteiger partial charge < -0.3 is 9.64 Å². The molecule has 0 radical (unpaired) electrons. The second-order valence-electron chi connectivity index (χ2n) is 5.14. The molecule has 1 aliphatic heterocycles. The molecule has 2 heterocycles. The van der Waals surface area contributed by atoms with E-state index < -0.39 is 5.92 Å². The summed E-state index contributed by atoms with van der Waals surface area (Å²) in [6, 6.07) is 15.0. The Morgan fingerprint density at radius 3 is 2.62 bits per heavy atom. The SMILES string of the molecule is FC1(F)CCN(c2cccc(OCc3ccccc3)n2)C1. The van der Waals surface area contributed by atoms with Gasteiger partial charge in [0, 0.05) is 19.0 Å². The van der Waals surface area contributed by atoms with Crippen molar-refractivity contribution >= 4 is 5.82 Å². The van der Waals surface area contributed by atoms with Gasteiger partial charge in [0.15, 0.2) is 0 Å². The number of hydrogen-bond acceptors (Lipinski definition) is 3. The summed E-state index contributed by atoms with van der Waals surface area (Å²) in [6.07, 6.45) is -0.121. The van der Waals surface area contributed by atoms with Crippen molar-refractivity contribution in [2.45, 2.75) is 19.0 Å². The number of aromatic nitrogens is 1. The van der Waals surface area contributed by atoms with Crippen molar-refractivity contribution in [3.8, 4) is 5.88 Å². The van der Waals surface area contributed by atoms with Crippen molar-refractivity contribution in [2.75, 3.05) is 18.0 Å². The van der Waals surface area contributed by atoms with E-state index in [1.165, 1.54) is 0 Å². The molecule has 0 saturated carbocycles. The molecule has 5 heteroatoms. The molecule has 1 aromatic carbocycles. The second kappa shape index (κ2) is 5.68. The molecule has 0 unspecified atom stereocenters. The third-order valence-corrected chi connectivity index (χ3v) is 3.43. The Hall–Kier alpha value is -2.17. The van der Waals surface area contributed by atoms with Crippen molar-refractivity contribution in [3.63, 3.8) is 0 Å². The van der Waals surface area contributed by atoms with Crippen LogP contribution in [0.3, 0.4) is 0 Å². The Balaban J connectivity index is 1.66. The van der Waals surface area contributed by atoms with E-state index in [9.17, 15) is 8.78 Å². The predicted molar refractivity (Wildman–Crippen MR) is 76.8 cm³/mol. The number of rotatable bonds is 4. The van der Waals surface area contributed by atoms with Crippen LogP contribution in [-0.2, 0) is 6.61 Å². The highest BCUT2D eigenvalue weighted by atomic mass is 19.3. The van der Waals surface area contributed by atoms with Crippen LogP contribution in [0.5, 0.6) is 5.88 Å². The first-order chi connectivity index (χ1) is 10.1. The lowest BCUT2D eigenvalue weighted by atomic mass is 10.2. The Kier molecular flexibility index (Phi) is 3.73. The van der Waals surface area contributed by atoms with Gasteiger partial charge in [0.2, 0.25) is 5.88 Å². The summed E-state index contributed by atoms with van der Waals surface area (Å²) in [5, 5.41) is 0. The zero-order valence-electron chi connectivity index (χ0n) is 11.5. The van der Waals surface area contributed by atoms with Gasteiger partial charge >= 0.3 is 0 Å². The average Bonchev–Trinajstić information content (AvgIpc) is 2.87. The molecule has 2 aromatic rings. The van der Waals surface area contributed by atoms with E-state index in [2.05, 4.69) is 4.98 Å². The molecule has 1 saturated heterocycles. The maximum absolute atomic E-state index is 13.2. The number of anilines is 1. The number of nitrogens with zero attached hydrogens (tertiary/aromatic N) is 2. The first-order valence-electron chi connectivity index (χ1n) is 6.89. The fraction of sp³-hybridized carbons (Fsp3) is 0.312. The van der Waals surface area contributed by atoms with Gasteiger partial charge in [-0.3, -0.25) is 0 Å². The monoisotopic (exact) mass is 290 g/mol. The minimum atomic E-state index is -2.62. The molecule has 0 atom stereocenters. The number of ether oxygens (including phenoxy) is 1. The smallest absolute Gasteiger partial charge is 0.266 e. The average molecular weight is 290 g/mol. The Morgan fingerprint density at radius 1 is 1.10 bits per heavy atom. The molecule has 0 spiro atoms. The minimum absolute atomic E-state index is 0.121. The maximum Gasteiger partial charge on any atom is 0.266 e. The number of halogens is 2. The van der Waals surface area contributed by atoms with Crippen molar-refractivity contribution < 1.29 is 13.5 Å². The summed E-state index contributed by atoms with van der Waals surface area (Å²) in [5.74, 6) is -1.63. The van der Waals surface area contributed by atoms with Gasteiger partial charge in [0.05, 0.1) is 6.54 Å². The molecule has 3 nitrogen and oxygen atoms in total. The Labute approximate surface area is 122 Å². The summed E-state index contributed by atoms with van der Waals surface area (Å²) >= 11 is 0. The van der Waals surface area contributed by atoms with Crippen LogP contribution in [0.15, 0.2) is 48.5 Å². The molecule has 0 amide bonds. The summed E-state index contributed by atoms with van der Waals surface area (Å²) in [6.45, 7) is 0.456. The fourth-order valence-corrected chi connectivity index (χ4v) is 2.32. The summed E-state index contributed by atoms with van der Waals surface area (Å²) in [7, 11) is 0. The number of hydrogen-bond donors (Lipinski definition) is 0. The van der Waals surface area contributed by atoms with Crippen LogP contribution in [0.2, 0.25) is 0 Å². The van der Waals surface area contributed by atoms with Gasteiger partial charge in [-0.2, -0.15) is 4.98 Å². The van der Waals surface area contributed by atoms with E-state index in [4.69, 9.17) is 4.74 Å². The molecular weight excluding hydrogens is 274 g/mol. The van der Waals surface area contributed by atoms with E-state index in [1.807, 2.05) is 30.3 Å². The number of benzene rings is 1. The van der Waals surface area contributed by atoms with Crippen LogP contribution in [0.1, 0.15) is 12.0 Å². The molecule has 0 bridgehead atoms. The van der Waals surface area contributed by atoms with Crippen molar-refractivity contribution in [1.82, 2.24) is 4.98 Å². The quantitative estimate of drug-likeness (QED) is 0.861. The minimum Gasteiger partial charge on any atom is -0.473 e. The highest BCUT2D eigenvalue weighted by Gasteiger charge is 2.38. The van der Waals surface area contributed by atoms with Crippen LogP contribution in [-0.4, -0.2) is 24.0 Å². The first-order valence-corrected chi connectivity index (χ1v) is 6.89. The first kappa shape index (κ1) is 13.8. The van der Waals surface area contributed by atoms with Crippen LogP contribution in [0, 0.1) is 0 Å². The zero-order chi connectivity index (χ0) is 14.7. The van der Waals surface area contributed by atoms with E-state index in [1.54, 1.807) is 23.1 Å². The van der Waals surface area contributed by atoms with Crippen LogP contribution >= 0.6 is 0 Å². The molecule has 110 valence electrons. The van der Waals surface area contributed by atoms with E-state index in [-0.39, 0.29) is 13.0 Å². The molecule has 1 fully saturated rings. The second-order valence-corrected chi connectivity index (χ2v) is 5.14. The van der Waals surface area contributed by atoms with E-state index >= 15 is 0 Å². The molecule has 1 aromatic heterocycles. The molecule has 21 heavy (non-hydrogen) atoms. The van der Waals surface area contributed by atoms with Gasteiger partial charge in [-0.15, -0.1) is 0 Å². The van der Waals surface area contributed by atoms with Crippen molar-refractivity contribution in [1.29, 1.82) is 0 Å². The molecular formula is C16H16F2N2O. The normalized spacial score (nSPS) is 17.0. The predicted octanol–water partition coefficient (Wildman–Crippen LogP) is 3.51. The summed E-state index contributed by atoms with van der Waals surface area (Å²) in [4.78, 5) is 5.90. The van der Waals surface area contributed by atoms with Gasteiger partial charge in [-0.25, -0.2) is 8.78 Å². The number of pyridine rings is 1. The van der Waals surface area contributed by atoms with Gasteiger partial charge in [0.25, 0.3) is 5.92 Å². The van der Waals surface area contributed by atoms with Crippen LogP contribution in [0.25, 0.3) is 0 Å². The topological polar surface area (TPSA) is 25.4 Å². The van der Waals surface area contributed by atoms with Crippen molar-refractivity contribution in [3.05, 3.63) is 54.1 Å². The van der Waals surface area contributed by atoms with Crippen molar-refractivity contribution in [2.24, 2.45) is 0 Å². The van der Waals surface area contributed by atoms with Gasteiger partial charge in [0.1, 0.15) is 12.4 Å². The van der Waals surface area contributed by atoms with E-state index in [0.29, 0.717) is 24.8 Å². The summed E-state index contributed by atoms with van der Waals surface area (Å²) in [5.41, 5.74) is 1.04. The summed E-state index contributed by atoms with van der Waals surface area (Å²) < 4.78 is 32.1. The Bertz CT molecular complexity index is 604. The van der Waals surface area contributed by atoms with Gasteiger partial charge in [-0.05, 0) is 11.6 Å². The lowest BCUT2D eigenvalue weighted by Crippen LogP contribution is -2.25. The maximum atomic E-state index is 13.2. The van der Waals surface area contributed by atoms with Gasteiger partial charge in [-0.1, -0.05) is 36.4 Å². The van der Waals surface area contributed by atoms with Crippen LogP contribution in [0.4, 0.5) is 14.6 Å². The van der Waals surface area contributed by atoms with Crippen LogP contribution < -0.4 is 9.64 Å². The number of alkyl halides is 2. The zero-order valence-corrected chi connectivity index (χ0v) is 11.5. The highest BCUT2D eigenvalue weighted by molar-refractivity contribution is 5.42. The lowest BCUT2D eigenvalue weighted by Gasteiger charge is -2.17. The highest BCUT2D eigenvalue weighted by Crippen LogP contribution is 2.30. The molecule has 0 aliphatic carbocycles. The molecule has 0 N–H and O–H groups in total. The third kappa shape index (κ3) is 3.48. The van der Waals surface area contributed by atoms with E-state index in [0.717, 1.165) is 5.56 Å². The molecule has 3 rings (SSSR count). The Morgan fingerprint density at radius 2 is 1.90 bits per heavy atom. The molecule has 1 aliphatic rings. The lowest BCUT2D eigenvalue weighted by molar-refractivity contribution is 0.0256. The standard InChI is InChI=1S/C16H16F2N2O/c17-16(18)9-10-20(12-16)14-7-4-8-15(19-14)21-11-13-5-2-1-3-6-13/h1-8H,9-12H2. The fourth-order valence-electron chi connectivity index (χ4n) is 2.32.